The third-order valence-electron chi connectivity index (χ3n) is 2.09. The molecule has 5 nitrogen and oxygen atoms in total. The highest BCUT2D eigenvalue weighted by molar-refractivity contribution is 6.22. The molecule has 0 saturated carbocycles. The first-order valence-corrected chi connectivity index (χ1v) is 4.63. The molecule has 78 valence electrons. The van der Waals surface area contributed by atoms with E-state index in [0.29, 0.717) is 17.9 Å². The van der Waals surface area contributed by atoms with Crippen LogP contribution in [0.5, 0.6) is 5.88 Å². The molecular formula is C10H10N2O3. The second kappa shape index (κ2) is 3.34. The van der Waals surface area contributed by atoms with E-state index in [9.17, 15) is 9.59 Å². The first-order chi connectivity index (χ1) is 7.13. The lowest BCUT2D eigenvalue weighted by Gasteiger charge is -2.06. The molecule has 2 rings (SSSR count). The summed E-state index contributed by atoms with van der Waals surface area (Å²) in [6, 6.07) is 1.58. The normalized spacial score (nSPS) is 13.7. The van der Waals surface area contributed by atoms with Crippen molar-refractivity contribution in [3.05, 3.63) is 22.9 Å². The Morgan fingerprint density at radius 2 is 2.13 bits per heavy atom. The van der Waals surface area contributed by atoms with Crippen LogP contribution in [0.1, 0.15) is 33.3 Å². The number of imide groups is 1. The Morgan fingerprint density at radius 3 is 2.80 bits per heavy atom. The van der Waals surface area contributed by atoms with Crippen LogP contribution in [0.25, 0.3) is 0 Å². The van der Waals surface area contributed by atoms with Gasteiger partial charge in [0.1, 0.15) is 5.56 Å². The Hall–Kier alpha value is -1.91. The highest BCUT2D eigenvalue weighted by Gasteiger charge is 2.31. The number of hydrogen-bond acceptors (Lipinski definition) is 4. The predicted molar refractivity (Wildman–Crippen MR) is 51.9 cm³/mol. The number of nitrogens with zero attached hydrogens (tertiary/aromatic N) is 1. The topological polar surface area (TPSA) is 68.3 Å². The van der Waals surface area contributed by atoms with Crippen molar-refractivity contribution in [2.45, 2.75) is 13.8 Å². The van der Waals surface area contributed by atoms with Gasteiger partial charge in [0, 0.05) is 5.69 Å². The van der Waals surface area contributed by atoms with E-state index in [0.717, 1.165) is 0 Å². The molecule has 1 aliphatic heterocycles. The summed E-state index contributed by atoms with van der Waals surface area (Å²) >= 11 is 0. The van der Waals surface area contributed by atoms with Gasteiger partial charge in [0.25, 0.3) is 11.8 Å². The van der Waals surface area contributed by atoms with Crippen LogP contribution in [0.2, 0.25) is 0 Å². The molecule has 1 aromatic rings. The number of aromatic nitrogens is 1. The number of carbonyl (C=O) groups is 2. The Bertz CT molecular complexity index is 454. The zero-order valence-corrected chi connectivity index (χ0v) is 8.46. The van der Waals surface area contributed by atoms with Gasteiger partial charge in [-0.05, 0) is 19.9 Å². The van der Waals surface area contributed by atoms with E-state index in [-0.39, 0.29) is 17.4 Å². The molecule has 0 atom stereocenters. The Morgan fingerprint density at radius 1 is 1.40 bits per heavy atom. The minimum absolute atomic E-state index is 0.232. The van der Waals surface area contributed by atoms with Gasteiger partial charge in [0.05, 0.1) is 12.2 Å². The SMILES string of the molecule is CCOc1nc(C)cc2c1C(=O)NC2=O. The lowest BCUT2D eigenvalue weighted by Crippen LogP contribution is -2.20. The summed E-state index contributed by atoms with van der Waals surface area (Å²) in [6.45, 7) is 3.95. The average molecular weight is 206 g/mol. The van der Waals surface area contributed by atoms with Crippen LogP contribution in [-0.4, -0.2) is 23.4 Å². The van der Waals surface area contributed by atoms with Crippen LogP contribution in [-0.2, 0) is 0 Å². The van der Waals surface area contributed by atoms with Crippen LogP contribution in [0.3, 0.4) is 0 Å². The number of ether oxygens (including phenoxy) is 1. The average Bonchev–Trinajstić information content (AvgIpc) is 2.42. The van der Waals surface area contributed by atoms with Crippen molar-refractivity contribution in [1.29, 1.82) is 0 Å². The molecule has 0 aliphatic carbocycles. The minimum Gasteiger partial charge on any atom is -0.477 e. The number of nitrogens with one attached hydrogen (secondary N) is 1. The number of hydrogen-bond donors (Lipinski definition) is 1. The van der Waals surface area contributed by atoms with Crippen molar-refractivity contribution in [2.75, 3.05) is 6.61 Å². The van der Waals surface area contributed by atoms with Gasteiger partial charge < -0.3 is 4.74 Å². The van der Waals surface area contributed by atoms with Crippen molar-refractivity contribution in [2.24, 2.45) is 0 Å². The van der Waals surface area contributed by atoms with E-state index >= 15 is 0 Å². The van der Waals surface area contributed by atoms with E-state index in [1.165, 1.54) is 0 Å². The maximum absolute atomic E-state index is 11.4. The van der Waals surface area contributed by atoms with Gasteiger partial charge in [-0.2, -0.15) is 0 Å². The molecular weight excluding hydrogens is 196 g/mol. The van der Waals surface area contributed by atoms with Crippen LogP contribution < -0.4 is 10.1 Å². The maximum atomic E-state index is 11.4. The molecule has 15 heavy (non-hydrogen) atoms. The largest absolute Gasteiger partial charge is 0.477 e. The van der Waals surface area contributed by atoms with Gasteiger partial charge >= 0.3 is 0 Å². The number of fused-ring (bicyclic) bond motifs is 1. The number of pyridine rings is 1. The van der Waals surface area contributed by atoms with E-state index in [1.54, 1.807) is 19.9 Å². The maximum Gasteiger partial charge on any atom is 0.264 e. The molecule has 5 heteroatoms. The first kappa shape index (κ1) is 9.64. The quantitative estimate of drug-likeness (QED) is 0.722. The Labute approximate surface area is 86.5 Å². The zero-order valence-electron chi connectivity index (χ0n) is 8.46. The second-order valence-corrected chi connectivity index (χ2v) is 3.21. The summed E-state index contributed by atoms with van der Waals surface area (Å²) in [5.74, 6) is -0.594. The molecule has 0 fully saturated rings. The van der Waals surface area contributed by atoms with Crippen molar-refractivity contribution in [3.8, 4) is 5.88 Å². The monoisotopic (exact) mass is 206 g/mol. The van der Waals surface area contributed by atoms with Crippen LogP contribution in [0.15, 0.2) is 6.07 Å². The van der Waals surface area contributed by atoms with Gasteiger partial charge in [0.2, 0.25) is 5.88 Å². The second-order valence-electron chi connectivity index (χ2n) is 3.21. The number of amides is 2. The Balaban J connectivity index is 2.62. The summed E-state index contributed by atoms with van der Waals surface area (Å²) in [4.78, 5) is 26.9. The summed E-state index contributed by atoms with van der Waals surface area (Å²) in [7, 11) is 0. The minimum atomic E-state index is -0.439. The summed E-state index contributed by atoms with van der Waals surface area (Å²) in [5, 5.41) is 2.21. The van der Waals surface area contributed by atoms with Crippen LogP contribution >= 0.6 is 0 Å². The standard InChI is InChI=1S/C10H10N2O3/c1-3-15-10-7-6(4-5(2)11-10)8(13)12-9(7)14/h4H,3H2,1-2H3,(H,12,13,14). The molecule has 1 aliphatic rings. The van der Waals surface area contributed by atoms with E-state index < -0.39 is 5.91 Å². The highest BCUT2D eigenvalue weighted by Crippen LogP contribution is 2.25. The van der Waals surface area contributed by atoms with Crippen LogP contribution in [0, 0.1) is 6.92 Å². The number of rotatable bonds is 2. The van der Waals surface area contributed by atoms with Gasteiger partial charge in [-0.15, -0.1) is 0 Å². The molecule has 2 amide bonds. The lowest BCUT2D eigenvalue weighted by atomic mass is 10.1. The molecule has 0 radical (unpaired) electrons. The number of carbonyl (C=O) groups excluding carboxylic acids is 2. The van der Waals surface area contributed by atoms with E-state index in [2.05, 4.69) is 10.3 Å². The van der Waals surface area contributed by atoms with E-state index in [1.807, 2.05) is 0 Å². The molecule has 2 heterocycles. The predicted octanol–water partition coefficient (Wildman–Crippen LogP) is 0.672. The van der Waals surface area contributed by atoms with Crippen molar-refractivity contribution < 1.29 is 14.3 Å². The first-order valence-electron chi connectivity index (χ1n) is 4.63. The molecule has 0 unspecified atom stereocenters. The highest BCUT2D eigenvalue weighted by atomic mass is 16.5. The van der Waals surface area contributed by atoms with Crippen molar-refractivity contribution in [1.82, 2.24) is 10.3 Å². The molecule has 0 aromatic carbocycles. The van der Waals surface area contributed by atoms with E-state index in [4.69, 9.17) is 4.74 Å². The molecule has 1 aromatic heterocycles. The van der Waals surface area contributed by atoms with Gasteiger partial charge in [-0.1, -0.05) is 0 Å². The van der Waals surface area contributed by atoms with Crippen molar-refractivity contribution >= 4 is 11.8 Å². The molecule has 1 N–H and O–H groups in total. The van der Waals surface area contributed by atoms with Crippen molar-refractivity contribution in [3.63, 3.8) is 0 Å². The summed E-state index contributed by atoms with van der Waals surface area (Å²) in [5.41, 5.74) is 1.24. The van der Waals surface area contributed by atoms with Gasteiger partial charge in [-0.3, -0.25) is 14.9 Å². The third-order valence-corrected chi connectivity index (χ3v) is 2.09. The van der Waals surface area contributed by atoms with Crippen LogP contribution in [0.4, 0.5) is 0 Å². The van der Waals surface area contributed by atoms with Gasteiger partial charge in [-0.25, -0.2) is 4.98 Å². The fourth-order valence-corrected chi connectivity index (χ4v) is 1.52. The van der Waals surface area contributed by atoms with Gasteiger partial charge in [0.15, 0.2) is 0 Å². The zero-order chi connectivity index (χ0) is 11.0. The fourth-order valence-electron chi connectivity index (χ4n) is 1.52. The molecule has 0 bridgehead atoms. The molecule has 0 spiro atoms. The summed E-state index contributed by atoms with van der Waals surface area (Å²) < 4.78 is 5.22. The molecule has 0 saturated heterocycles. The third kappa shape index (κ3) is 1.45. The Kier molecular flexibility index (Phi) is 2.15. The fraction of sp³-hybridized carbons (Fsp3) is 0.300. The summed E-state index contributed by atoms with van der Waals surface area (Å²) in [6.07, 6.45) is 0. The smallest absolute Gasteiger partial charge is 0.264 e. The number of aryl methyl sites for hydroxylation is 1. The lowest BCUT2D eigenvalue weighted by molar-refractivity contribution is 0.0878.